The fraction of sp³-hybridized carbons (Fsp3) is 0.0833. The van der Waals surface area contributed by atoms with Gasteiger partial charge in [0.15, 0.2) is 0 Å². The van der Waals surface area contributed by atoms with Gasteiger partial charge in [-0.1, -0.05) is 17.7 Å². The minimum atomic E-state index is 0.585. The van der Waals surface area contributed by atoms with Crippen molar-refractivity contribution in [2.75, 3.05) is 12.8 Å². The molecule has 0 aliphatic heterocycles. The number of aromatic nitrogens is 1. The topological polar surface area (TPSA) is 48.1 Å². The Bertz CT molecular complexity index is 497. The van der Waals surface area contributed by atoms with Crippen molar-refractivity contribution >= 4 is 17.3 Å². The Morgan fingerprint density at radius 3 is 2.69 bits per heavy atom. The summed E-state index contributed by atoms with van der Waals surface area (Å²) in [6, 6.07) is 9.19. The summed E-state index contributed by atoms with van der Waals surface area (Å²) < 4.78 is 5.15. The zero-order chi connectivity index (χ0) is 11.5. The van der Waals surface area contributed by atoms with E-state index in [1.165, 1.54) is 0 Å². The van der Waals surface area contributed by atoms with Crippen LogP contribution in [-0.4, -0.2) is 12.1 Å². The molecule has 0 saturated heterocycles. The number of halogens is 1. The van der Waals surface area contributed by atoms with Gasteiger partial charge in [-0.05, 0) is 24.3 Å². The minimum absolute atomic E-state index is 0.585. The molecule has 0 atom stereocenters. The number of nitrogens with two attached hydrogens (primary N) is 1. The first-order chi connectivity index (χ1) is 7.70. The third-order valence-electron chi connectivity index (χ3n) is 2.23. The molecule has 0 radical (unpaired) electrons. The van der Waals surface area contributed by atoms with Crippen LogP contribution in [0.4, 0.5) is 5.69 Å². The van der Waals surface area contributed by atoms with E-state index in [0.29, 0.717) is 16.5 Å². The van der Waals surface area contributed by atoms with Crippen LogP contribution in [0.2, 0.25) is 5.02 Å². The fourth-order valence-electron chi connectivity index (χ4n) is 1.40. The van der Waals surface area contributed by atoms with Gasteiger partial charge in [0.2, 0.25) is 0 Å². The highest BCUT2D eigenvalue weighted by atomic mass is 35.5. The highest BCUT2D eigenvalue weighted by Crippen LogP contribution is 2.29. The zero-order valence-electron chi connectivity index (χ0n) is 8.77. The SMILES string of the molecule is COc1cc(-c2ccc(N)cn2)ccc1Cl. The van der Waals surface area contributed by atoms with Gasteiger partial charge in [0.1, 0.15) is 5.75 Å². The van der Waals surface area contributed by atoms with Gasteiger partial charge in [-0.25, -0.2) is 0 Å². The van der Waals surface area contributed by atoms with Crippen molar-refractivity contribution in [3.8, 4) is 17.0 Å². The number of hydrogen-bond acceptors (Lipinski definition) is 3. The molecule has 3 nitrogen and oxygen atoms in total. The van der Waals surface area contributed by atoms with Crippen molar-refractivity contribution in [3.63, 3.8) is 0 Å². The first kappa shape index (κ1) is 10.8. The van der Waals surface area contributed by atoms with Crippen LogP contribution in [0.5, 0.6) is 5.75 Å². The van der Waals surface area contributed by atoms with E-state index in [1.54, 1.807) is 19.4 Å². The Labute approximate surface area is 98.8 Å². The highest BCUT2D eigenvalue weighted by Gasteiger charge is 2.04. The summed E-state index contributed by atoms with van der Waals surface area (Å²) in [6.07, 6.45) is 1.62. The van der Waals surface area contributed by atoms with Gasteiger partial charge in [-0.15, -0.1) is 0 Å². The van der Waals surface area contributed by atoms with Crippen LogP contribution in [-0.2, 0) is 0 Å². The number of ether oxygens (including phenoxy) is 1. The molecule has 0 bridgehead atoms. The lowest BCUT2D eigenvalue weighted by molar-refractivity contribution is 0.415. The fourth-order valence-corrected chi connectivity index (χ4v) is 1.59. The Hall–Kier alpha value is -1.74. The molecule has 16 heavy (non-hydrogen) atoms. The van der Waals surface area contributed by atoms with E-state index in [1.807, 2.05) is 24.3 Å². The first-order valence-electron chi connectivity index (χ1n) is 4.76. The lowest BCUT2D eigenvalue weighted by Gasteiger charge is -2.06. The minimum Gasteiger partial charge on any atom is -0.495 e. The van der Waals surface area contributed by atoms with Gasteiger partial charge in [0, 0.05) is 5.56 Å². The normalized spacial score (nSPS) is 10.1. The average molecular weight is 235 g/mol. The van der Waals surface area contributed by atoms with Crippen molar-refractivity contribution in [1.29, 1.82) is 0 Å². The van der Waals surface area contributed by atoms with Crippen molar-refractivity contribution < 1.29 is 4.74 Å². The molecule has 0 aliphatic rings. The van der Waals surface area contributed by atoms with Crippen LogP contribution in [0, 0.1) is 0 Å². The summed E-state index contributed by atoms with van der Waals surface area (Å²) in [4.78, 5) is 4.23. The number of anilines is 1. The molecule has 1 heterocycles. The van der Waals surface area contributed by atoms with Crippen LogP contribution in [0.1, 0.15) is 0 Å². The van der Waals surface area contributed by atoms with Crippen LogP contribution < -0.4 is 10.5 Å². The summed E-state index contributed by atoms with van der Waals surface area (Å²) in [5.74, 6) is 0.637. The van der Waals surface area contributed by atoms with Crippen LogP contribution in [0.15, 0.2) is 36.5 Å². The second-order valence-electron chi connectivity index (χ2n) is 3.33. The summed E-state index contributed by atoms with van der Waals surface area (Å²) >= 11 is 5.94. The van der Waals surface area contributed by atoms with Crippen LogP contribution >= 0.6 is 11.6 Å². The molecule has 1 aromatic heterocycles. The molecule has 2 N–H and O–H groups in total. The molecule has 0 spiro atoms. The Morgan fingerprint density at radius 1 is 1.25 bits per heavy atom. The highest BCUT2D eigenvalue weighted by molar-refractivity contribution is 6.32. The van der Waals surface area contributed by atoms with E-state index < -0.39 is 0 Å². The molecule has 1 aromatic carbocycles. The van der Waals surface area contributed by atoms with E-state index in [2.05, 4.69) is 4.98 Å². The first-order valence-corrected chi connectivity index (χ1v) is 5.14. The van der Waals surface area contributed by atoms with Crippen molar-refractivity contribution in [2.24, 2.45) is 0 Å². The number of nitrogens with zero attached hydrogens (tertiary/aromatic N) is 1. The second kappa shape index (κ2) is 4.41. The lowest BCUT2D eigenvalue weighted by atomic mass is 10.1. The Morgan fingerprint density at radius 2 is 2.06 bits per heavy atom. The zero-order valence-corrected chi connectivity index (χ0v) is 9.53. The molecule has 0 amide bonds. The quantitative estimate of drug-likeness (QED) is 0.869. The molecule has 2 aromatic rings. The average Bonchev–Trinajstić information content (AvgIpc) is 2.31. The van der Waals surface area contributed by atoms with E-state index in [4.69, 9.17) is 22.1 Å². The van der Waals surface area contributed by atoms with Gasteiger partial charge in [-0.2, -0.15) is 0 Å². The third-order valence-corrected chi connectivity index (χ3v) is 2.55. The molecule has 82 valence electrons. The maximum absolute atomic E-state index is 5.94. The lowest BCUT2D eigenvalue weighted by Crippen LogP contribution is -1.89. The number of pyridine rings is 1. The monoisotopic (exact) mass is 234 g/mol. The summed E-state index contributed by atoms with van der Waals surface area (Å²) in [6.45, 7) is 0. The molecule has 0 aliphatic carbocycles. The van der Waals surface area contributed by atoms with Gasteiger partial charge in [-0.3, -0.25) is 4.98 Å². The maximum atomic E-state index is 5.94. The van der Waals surface area contributed by atoms with Gasteiger partial charge in [0.25, 0.3) is 0 Å². The summed E-state index contributed by atoms with van der Waals surface area (Å²) in [7, 11) is 1.58. The number of rotatable bonds is 2. The van der Waals surface area contributed by atoms with E-state index in [-0.39, 0.29) is 0 Å². The smallest absolute Gasteiger partial charge is 0.138 e. The summed E-state index contributed by atoms with van der Waals surface area (Å²) in [5.41, 5.74) is 8.00. The van der Waals surface area contributed by atoms with Crippen LogP contribution in [0.25, 0.3) is 11.3 Å². The van der Waals surface area contributed by atoms with Crippen molar-refractivity contribution in [3.05, 3.63) is 41.6 Å². The number of methoxy groups -OCH3 is 1. The third kappa shape index (κ3) is 2.09. The van der Waals surface area contributed by atoms with E-state index in [9.17, 15) is 0 Å². The van der Waals surface area contributed by atoms with Gasteiger partial charge in [0.05, 0.1) is 29.7 Å². The molecule has 0 fully saturated rings. The molecule has 4 heteroatoms. The molecular formula is C12H11ClN2O. The van der Waals surface area contributed by atoms with Crippen molar-refractivity contribution in [2.45, 2.75) is 0 Å². The molecule has 0 saturated carbocycles. The maximum Gasteiger partial charge on any atom is 0.138 e. The van der Waals surface area contributed by atoms with Crippen molar-refractivity contribution in [1.82, 2.24) is 4.98 Å². The summed E-state index contributed by atoms with van der Waals surface area (Å²) in [5, 5.41) is 0.585. The number of benzene rings is 1. The number of nitrogen functional groups attached to an aromatic ring is 1. The predicted molar refractivity (Wildman–Crippen MR) is 65.6 cm³/mol. The standard InChI is InChI=1S/C12H11ClN2O/c1-16-12-6-8(2-4-10(12)13)11-5-3-9(14)7-15-11/h2-7H,14H2,1H3. The Kier molecular flexibility index (Phi) is 2.97. The van der Waals surface area contributed by atoms with E-state index >= 15 is 0 Å². The largest absolute Gasteiger partial charge is 0.495 e. The molecular weight excluding hydrogens is 224 g/mol. The van der Waals surface area contributed by atoms with E-state index in [0.717, 1.165) is 11.3 Å². The van der Waals surface area contributed by atoms with Gasteiger partial charge < -0.3 is 10.5 Å². The molecule has 2 rings (SSSR count). The predicted octanol–water partition coefficient (Wildman–Crippen LogP) is 2.99. The second-order valence-corrected chi connectivity index (χ2v) is 3.73. The number of hydrogen-bond donors (Lipinski definition) is 1. The van der Waals surface area contributed by atoms with Gasteiger partial charge >= 0.3 is 0 Å². The Balaban J connectivity index is 2.44. The van der Waals surface area contributed by atoms with Crippen LogP contribution in [0.3, 0.4) is 0 Å². The molecule has 0 unspecified atom stereocenters.